The van der Waals surface area contributed by atoms with Crippen molar-refractivity contribution in [2.75, 3.05) is 0 Å². The second kappa shape index (κ2) is 9.39. The number of nitrogens with zero attached hydrogens (tertiary/aromatic N) is 2. The van der Waals surface area contributed by atoms with Crippen molar-refractivity contribution in [1.82, 2.24) is 15.3 Å². The summed E-state index contributed by atoms with van der Waals surface area (Å²) >= 11 is 0. The van der Waals surface area contributed by atoms with Crippen molar-refractivity contribution in [3.8, 4) is 0 Å². The number of para-hydroxylation sites is 1. The predicted molar refractivity (Wildman–Crippen MR) is 121 cm³/mol. The quantitative estimate of drug-likeness (QED) is 0.463. The largest absolute Gasteiger partial charge is 0.347 e. The van der Waals surface area contributed by atoms with E-state index in [4.69, 9.17) is 0 Å². The van der Waals surface area contributed by atoms with Crippen LogP contribution in [0.5, 0.6) is 0 Å². The van der Waals surface area contributed by atoms with Gasteiger partial charge in [-0.1, -0.05) is 49.7 Å². The molecule has 0 bridgehead atoms. The van der Waals surface area contributed by atoms with Crippen LogP contribution in [-0.2, 0) is 11.3 Å². The zero-order chi connectivity index (χ0) is 21.7. The summed E-state index contributed by atoms with van der Waals surface area (Å²) in [4.78, 5) is 25.2. The molecule has 6 nitrogen and oxygen atoms in total. The lowest BCUT2D eigenvalue weighted by atomic mass is 10.0. The Morgan fingerprint density at radius 2 is 1.80 bits per heavy atom. The maximum absolute atomic E-state index is 12.7. The number of aryl methyl sites for hydroxylation is 2. The van der Waals surface area contributed by atoms with E-state index in [1.807, 2.05) is 57.3 Å². The van der Waals surface area contributed by atoms with Gasteiger partial charge in [-0.05, 0) is 38.0 Å². The van der Waals surface area contributed by atoms with Gasteiger partial charge in [-0.15, -0.1) is 0 Å². The average molecular weight is 405 g/mol. The first-order valence-electron chi connectivity index (χ1n) is 10.2. The summed E-state index contributed by atoms with van der Waals surface area (Å²) < 4.78 is 2.14. The van der Waals surface area contributed by atoms with Gasteiger partial charge in [0, 0.05) is 34.8 Å². The molecule has 1 atom stereocenters. The minimum absolute atomic E-state index is 0.0865. The lowest BCUT2D eigenvalue weighted by molar-refractivity contribution is -0.123. The molecule has 0 spiro atoms. The summed E-state index contributed by atoms with van der Waals surface area (Å²) in [5.74, 6) is -0.712. The van der Waals surface area contributed by atoms with Gasteiger partial charge in [0.15, 0.2) is 0 Å². The Kier molecular flexibility index (Phi) is 6.67. The van der Waals surface area contributed by atoms with Crippen molar-refractivity contribution in [3.05, 3.63) is 71.4 Å². The van der Waals surface area contributed by atoms with Crippen molar-refractivity contribution in [2.24, 2.45) is 11.0 Å². The smallest absolute Gasteiger partial charge is 0.262 e. The number of nitrogens with one attached hydrogen (secondary N) is 2. The number of hydrogen-bond acceptors (Lipinski definition) is 3. The lowest BCUT2D eigenvalue weighted by Gasteiger charge is -2.20. The molecule has 156 valence electrons. The summed E-state index contributed by atoms with van der Waals surface area (Å²) in [6.45, 7) is 8.67. The Morgan fingerprint density at radius 3 is 2.47 bits per heavy atom. The van der Waals surface area contributed by atoms with Crippen LogP contribution in [-0.4, -0.2) is 28.6 Å². The van der Waals surface area contributed by atoms with Crippen molar-refractivity contribution >= 4 is 28.9 Å². The SMILES string of the molecule is CCn1cc(/C=N\NC(=O)C(NC(=O)c2ccc(C)cc2)C(C)C)c2ccccc21. The normalized spacial score (nSPS) is 12.4. The van der Waals surface area contributed by atoms with Gasteiger partial charge < -0.3 is 9.88 Å². The third-order valence-electron chi connectivity index (χ3n) is 5.09. The first-order chi connectivity index (χ1) is 14.4. The average Bonchev–Trinajstić information content (AvgIpc) is 3.10. The van der Waals surface area contributed by atoms with E-state index in [-0.39, 0.29) is 17.7 Å². The van der Waals surface area contributed by atoms with Crippen molar-refractivity contribution < 1.29 is 9.59 Å². The first-order valence-corrected chi connectivity index (χ1v) is 10.2. The second-order valence-electron chi connectivity index (χ2n) is 7.68. The van der Waals surface area contributed by atoms with Crippen LogP contribution < -0.4 is 10.7 Å². The Bertz CT molecular complexity index is 1060. The summed E-state index contributed by atoms with van der Waals surface area (Å²) in [5.41, 5.74) is 6.22. The molecule has 1 unspecified atom stereocenters. The Labute approximate surface area is 177 Å². The zero-order valence-electron chi connectivity index (χ0n) is 17.8. The third-order valence-corrected chi connectivity index (χ3v) is 5.09. The van der Waals surface area contributed by atoms with Crippen LogP contribution in [0.4, 0.5) is 0 Å². The summed E-state index contributed by atoms with van der Waals surface area (Å²) in [6.07, 6.45) is 3.66. The van der Waals surface area contributed by atoms with Crippen LogP contribution in [0.15, 0.2) is 59.8 Å². The number of amides is 2. The molecule has 1 heterocycles. The summed E-state index contributed by atoms with van der Waals surface area (Å²) in [5, 5.41) is 8.03. The highest BCUT2D eigenvalue weighted by Crippen LogP contribution is 2.19. The number of rotatable bonds is 7. The minimum Gasteiger partial charge on any atom is -0.347 e. The van der Waals surface area contributed by atoms with Gasteiger partial charge in [0.1, 0.15) is 6.04 Å². The van der Waals surface area contributed by atoms with E-state index in [1.165, 1.54) is 0 Å². The number of carbonyl (C=O) groups is 2. The minimum atomic E-state index is -0.687. The van der Waals surface area contributed by atoms with E-state index in [2.05, 4.69) is 33.4 Å². The first kappa shape index (κ1) is 21.3. The maximum Gasteiger partial charge on any atom is 0.262 e. The number of aromatic nitrogens is 1. The molecule has 0 saturated carbocycles. The van der Waals surface area contributed by atoms with Crippen LogP contribution in [0, 0.1) is 12.8 Å². The fourth-order valence-electron chi connectivity index (χ4n) is 3.34. The van der Waals surface area contributed by atoms with Gasteiger partial charge in [-0.2, -0.15) is 5.10 Å². The van der Waals surface area contributed by atoms with Crippen LogP contribution >= 0.6 is 0 Å². The Morgan fingerprint density at radius 1 is 1.10 bits per heavy atom. The molecular formula is C24H28N4O2. The molecule has 30 heavy (non-hydrogen) atoms. The standard InChI is InChI=1S/C24H28N4O2/c1-5-28-15-19(20-8-6-7-9-21(20)28)14-25-27-24(30)22(16(2)3)26-23(29)18-12-10-17(4)11-13-18/h6-16,22H,5H2,1-4H3,(H,26,29)(H,27,30)/b25-14-. The van der Waals surface area contributed by atoms with Crippen molar-refractivity contribution in [1.29, 1.82) is 0 Å². The van der Waals surface area contributed by atoms with Gasteiger partial charge in [0.25, 0.3) is 11.8 Å². The van der Waals surface area contributed by atoms with E-state index in [0.29, 0.717) is 5.56 Å². The van der Waals surface area contributed by atoms with E-state index < -0.39 is 6.04 Å². The Balaban J connectivity index is 1.70. The number of carbonyl (C=O) groups excluding carboxylic acids is 2. The van der Waals surface area contributed by atoms with E-state index >= 15 is 0 Å². The maximum atomic E-state index is 12.7. The molecule has 3 aromatic rings. The molecular weight excluding hydrogens is 376 g/mol. The highest BCUT2D eigenvalue weighted by molar-refractivity contribution is 6.00. The van der Waals surface area contributed by atoms with Gasteiger partial charge in [-0.25, -0.2) is 5.43 Å². The van der Waals surface area contributed by atoms with Crippen LogP contribution in [0.3, 0.4) is 0 Å². The van der Waals surface area contributed by atoms with Crippen LogP contribution in [0.2, 0.25) is 0 Å². The molecule has 1 aromatic heterocycles. The van der Waals surface area contributed by atoms with Gasteiger partial charge in [0.05, 0.1) is 6.21 Å². The van der Waals surface area contributed by atoms with Crippen molar-refractivity contribution in [2.45, 2.75) is 40.3 Å². The number of benzene rings is 2. The molecule has 6 heteroatoms. The van der Waals surface area contributed by atoms with E-state index in [9.17, 15) is 9.59 Å². The molecule has 0 saturated heterocycles. The summed E-state index contributed by atoms with van der Waals surface area (Å²) in [7, 11) is 0. The topological polar surface area (TPSA) is 75.5 Å². The molecule has 0 aliphatic carbocycles. The van der Waals surface area contributed by atoms with Crippen molar-refractivity contribution in [3.63, 3.8) is 0 Å². The fraction of sp³-hybridized carbons (Fsp3) is 0.292. The Hall–Kier alpha value is -3.41. The predicted octanol–water partition coefficient (Wildman–Crippen LogP) is 3.87. The molecule has 0 radical (unpaired) electrons. The molecule has 2 aromatic carbocycles. The molecule has 2 N–H and O–H groups in total. The second-order valence-corrected chi connectivity index (χ2v) is 7.68. The highest BCUT2D eigenvalue weighted by Gasteiger charge is 2.24. The number of hydrogen-bond donors (Lipinski definition) is 2. The zero-order valence-corrected chi connectivity index (χ0v) is 17.8. The van der Waals surface area contributed by atoms with Crippen LogP contribution in [0.1, 0.15) is 42.3 Å². The third kappa shape index (κ3) is 4.76. The molecule has 0 aliphatic rings. The van der Waals surface area contributed by atoms with Gasteiger partial charge in [0.2, 0.25) is 0 Å². The monoisotopic (exact) mass is 404 g/mol. The lowest BCUT2D eigenvalue weighted by Crippen LogP contribution is -2.48. The number of fused-ring (bicyclic) bond motifs is 1. The highest BCUT2D eigenvalue weighted by atomic mass is 16.2. The summed E-state index contributed by atoms with van der Waals surface area (Å²) in [6, 6.07) is 14.6. The molecule has 2 amide bonds. The van der Waals surface area contributed by atoms with E-state index in [0.717, 1.165) is 28.6 Å². The molecule has 3 rings (SSSR count). The van der Waals surface area contributed by atoms with Crippen LogP contribution in [0.25, 0.3) is 10.9 Å². The molecule has 0 aliphatic heterocycles. The van der Waals surface area contributed by atoms with Gasteiger partial charge >= 0.3 is 0 Å². The fourth-order valence-corrected chi connectivity index (χ4v) is 3.34. The molecule has 0 fully saturated rings. The number of hydrazone groups is 1. The van der Waals surface area contributed by atoms with E-state index in [1.54, 1.807) is 18.3 Å². The van der Waals surface area contributed by atoms with Gasteiger partial charge in [-0.3, -0.25) is 9.59 Å².